The zero-order chi connectivity index (χ0) is 28.3. The van der Waals surface area contributed by atoms with Crippen molar-refractivity contribution in [3.05, 3.63) is 157 Å². The number of aromatic nitrogens is 2. The molecule has 0 N–H and O–H groups in total. The highest BCUT2D eigenvalue weighted by Gasteiger charge is 2.23. The van der Waals surface area contributed by atoms with Crippen molar-refractivity contribution < 1.29 is 0 Å². The second-order valence-corrected chi connectivity index (χ2v) is 11.4. The Balaban J connectivity index is 1.23. The van der Waals surface area contributed by atoms with Gasteiger partial charge >= 0.3 is 0 Å². The second kappa shape index (κ2) is 9.47. The molecular formula is C41H26N2. The molecule has 0 saturated carbocycles. The zero-order valence-electron chi connectivity index (χ0n) is 23.5. The Morgan fingerprint density at radius 1 is 0.442 bits per heavy atom. The molecule has 200 valence electrons. The number of nitrogens with zero attached hydrogens (tertiary/aromatic N) is 2. The van der Waals surface area contributed by atoms with E-state index in [1.54, 1.807) is 0 Å². The van der Waals surface area contributed by atoms with Gasteiger partial charge in [0.15, 0.2) is 5.82 Å². The molecule has 8 aromatic rings. The Kier molecular flexibility index (Phi) is 5.30. The van der Waals surface area contributed by atoms with Crippen molar-refractivity contribution in [3.63, 3.8) is 0 Å². The van der Waals surface area contributed by atoms with E-state index < -0.39 is 0 Å². The van der Waals surface area contributed by atoms with Crippen LogP contribution in [0.4, 0.5) is 0 Å². The van der Waals surface area contributed by atoms with Crippen LogP contribution in [0.25, 0.3) is 77.3 Å². The Morgan fingerprint density at radius 3 is 2.07 bits per heavy atom. The minimum Gasteiger partial charge on any atom is -0.228 e. The molecule has 0 unspecified atom stereocenters. The smallest absolute Gasteiger partial charge is 0.160 e. The molecule has 0 aliphatic heterocycles. The summed E-state index contributed by atoms with van der Waals surface area (Å²) in [6, 6.07) is 52.1. The highest BCUT2D eigenvalue weighted by molar-refractivity contribution is 6.08. The molecule has 0 bridgehead atoms. The van der Waals surface area contributed by atoms with Gasteiger partial charge in [0.1, 0.15) is 0 Å². The fourth-order valence-corrected chi connectivity index (χ4v) is 6.82. The normalized spacial score (nSPS) is 12.1. The van der Waals surface area contributed by atoms with Crippen molar-refractivity contribution in [2.75, 3.05) is 0 Å². The predicted molar refractivity (Wildman–Crippen MR) is 179 cm³/mol. The second-order valence-electron chi connectivity index (χ2n) is 11.4. The first-order chi connectivity index (χ1) is 21.3. The Morgan fingerprint density at radius 2 is 1.16 bits per heavy atom. The van der Waals surface area contributed by atoms with Gasteiger partial charge in [-0.05, 0) is 79.5 Å². The van der Waals surface area contributed by atoms with Crippen LogP contribution < -0.4 is 0 Å². The third kappa shape index (κ3) is 3.88. The number of benzene rings is 7. The Bertz CT molecular complexity index is 2370. The van der Waals surface area contributed by atoms with E-state index in [1.165, 1.54) is 54.9 Å². The maximum Gasteiger partial charge on any atom is 0.160 e. The van der Waals surface area contributed by atoms with E-state index >= 15 is 0 Å². The quantitative estimate of drug-likeness (QED) is 0.220. The van der Waals surface area contributed by atoms with Crippen LogP contribution in [0, 0.1) is 0 Å². The average Bonchev–Trinajstić information content (AvgIpc) is 3.46. The molecule has 0 amide bonds. The zero-order valence-corrected chi connectivity index (χ0v) is 23.5. The van der Waals surface area contributed by atoms with E-state index in [9.17, 15) is 0 Å². The molecule has 0 radical (unpaired) electrons. The van der Waals surface area contributed by atoms with Gasteiger partial charge in [0.2, 0.25) is 0 Å². The summed E-state index contributed by atoms with van der Waals surface area (Å²) in [4.78, 5) is 10.4. The van der Waals surface area contributed by atoms with E-state index in [0.29, 0.717) is 0 Å². The molecule has 0 spiro atoms. The van der Waals surface area contributed by atoms with Crippen molar-refractivity contribution in [2.45, 2.75) is 6.42 Å². The van der Waals surface area contributed by atoms with Gasteiger partial charge in [-0.25, -0.2) is 9.97 Å². The maximum absolute atomic E-state index is 5.33. The Labute approximate surface area is 250 Å². The lowest BCUT2D eigenvalue weighted by atomic mass is 9.92. The van der Waals surface area contributed by atoms with Crippen molar-refractivity contribution in [2.24, 2.45) is 0 Å². The summed E-state index contributed by atoms with van der Waals surface area (Å²) < 4.78 is 0. The minimum absolute atomic E-state index is 0.746. The summed E-state index contributed by atoms with van der Waals surface area (Å²) in [5.41, 5.74) is 12.0. The van der Waals surface area contributed by atoms with E-state index in [4.69, 9.17) is 9.97 Å². The number of para-hydroxylation sites is 1. The SMILES string of the molecule is c1ccc(-c2ccc3cc(-c4nc(-c5cccc6ccc7c(c56)Cc5ccccc5-7)c5ccccc5n4)ccc3c2)cc1. The van der Waals surface area contributed by atoms with Crippen molar-refractivity contribution in [1.82, 2.24) is 9.97 Å². The van der Waals surface area contributed by atoms with Crippen LogP contribution >= 0.6 is 0 Å². The molecule has 0 saturated heterocycles. The first-order valence-corrected chi connectivity index (χ1v) is 14.8. The van der Waals surface area contributed by atoms with Crippen LogP contribution in [0.1, 0.15) is 11.1 Å². The molecule has 1 aliphatic rings. The van der Waals surface area contributed by atoms with E-state index in [2.05, 4.69) is 146 Å². The van der Waals surface area contributed by atoms with E-state index in [-0.39, 0.29) is 0 Å². The minimum atomic E-state index is 0.746. The highest BCUT2D eigenvalue weighted by Crippen LogP contribution is 2.44. The number of hydrogen-bond donors (Lipinski definition) is 0. The average molecular weight is 547 g/mol. The van der Waals surface area contributed by atoms with Gasteiger partial charge in [-0.15, -0.1) is 0 Å². The molecule has 2 nitrogen and oxygen atoms in total. The first kappa shape index (κ1) is 24.0. The summed E-state index contributed by atoms with van der Waals surface area (Å²) in [5.74, 6) is 0.746. The molecule has 7 aromatic carbocycles. The van der Waals surface area contributed by atoms with E-state index in [0.717, 1.165) is 40.0 Å². The number of hydrogen-bond acceptors (Lipinski definition) is 2. The fourth-order valence-electron chi connectivity index (χ4n) is 6.82. The standard InChI is InChI=1S/C41H26N2/c1-2-9-26(10-3-1)28-17-18-30-24-32(20-19-29(30)23-28)41-42-38-16-7-6-14-35(38)40(43-41)36-15-8-12-27-21-22-34-33-13-5-4-11-31(33)25-37(34)39(27)36/h1-24H,25H2. The van der Waals surface area contributed by atoms with Crippen LogP contribution in [0.3, 0.4) is 0 Å². The van der Waals surface area contributed by atoms with Gasteiger partial charge in [-0.1, -0.05) is 127 Å². The summed E-state index contributed by atoms with van der Waals surface area (Å²) in [6.07, 6.45) is 0.936. The molecule has 0 fully saturated rings. The summed E-state index contributed by atoms with van der Waals surface area (Å²) in [5, 5.41) is 5.98. The monoisotopic (exact) mass is 546 g/mol. The molecule has 1 heterocycles. The molecule has 0 atom stereocenters. The summed E-state index contributed by atoms with van der Waals surface area (Å²) in [6.45, 7) is 0. The summed E-state index contributed by atoms with van der Waals surface area (Å²) >= 11 is 0. The van der Waals surface area contributed by atoms with Crippen LogP contribution in [0.5, 0.6) is 0 Å². The maximum atomic E-state index is 5.33. The van der Waals surface area contributed by atoms with Gasteiger partial charge in [0, 0.05) is 16.5 Å². The third-order valence-electron chi connectivity index (χ3n) is 8.89. The van der Waals surface area contributed by atoms with E-state index in [1.807, 2.05) is 0 Å². The summed E-state index contributed by atoms with van der Waals surface area (Å²) in [7, 11) is 0. The predicted octanol–water partition coefficient (Wildman–Crippen LogP) is 10.5. The van der Waals surface area contributed by atoms with Gasteiger partial charge in [0.25, 0.3) is 0 Å². The lowest BCUT2D eigenvalue weighted by molar-refractivity contribution is 1.23. The largest absolute Gasteiger partial charge is 0.228 e. The van der Waals surface area contributed by atoms with Crippen LogP contribution in [0.2, 0.25) is 0 Å². The van der Waals surface area contributed by atoms with Crippen LogP contribution in [-0.4, -0.2) is 9.97 Å². The lowest BCUT2D eigenvalue weighted by Gasteiger charge is -2.14. The van der Waals surface area contributed by atoms with Gasteiger partial charge < -0.3 is 0 Å². The number of fused-ring (bicyclic) bond motifs is 7. The fraction of sp³-hybridized carbons (Fsp3) is 0.0244. The van der Waals surface area contributed by atoms with Gasteiger partial charge in [-0.3, -0.25) is 0 Å². The van der Waals surface area contributed by atoms with Crippen molar-refractivity contribution in [1.29, 1.82) is 0 Å². The third-order valence-corrected chi connectivity index (χ3v) is 8.89. The molecule has 1 aromatic heterocycles. The van der Waals surface area contributed by atoms with Gasteiger partial charge in [-0.2, -0.15) is 0 Å². The molecule has 43 heavy (non-hydrogen) atoms. The van der Waals surface area contributed by atoms with Crippen LogP contribution in [0.15, 0.2) is 146 Å². The Hall–Kier alpha value is -5.60. The molecule has 1 aliphatic carbocycles. The number of rotatable bonds is 3. The highest BCUT2D eigenvalue weighted by atomic mass is 14.9. The molecule has 9 rings (SSSR count). The molecule has 2 heteroatoms. The topological polar surface area (TPSA) is 25.8 Å². The molecular weight excluding hydrogens is 520 g/mol. The van der Waals surface area contributed by atoms with Crippen molar-refractivity contribution in [3.8, 4) is 44.9 Å². The van der Waals surface area contributed by atoms with Crippen LogP contribution in [-0.2, 0) is 6.42 Å². The first-order valence-electron chi connectivity index (χ1n) is 14.8. The van der Waals surface area contributed by atoms with Crippen molar-refractivity contribution >= 4 is 32.4 Å². The van der Waals surface area contributed by atoms with Gasteiger partial charge in [0.05, 0.1) is 11.2 Å². The lowest BCUT2D eigenvalue weighted by Crippen LogP contribution is -1.97.